The lowest BCUT2D eigenvalue weighted by atomic mass is 9.95. The normalized spacial score (nSPS) is 15.4. The molecular formula is C24H31N5O2. The molecule has 1 aliphatic rings. The van der Waals surface area contributed by atoms with Gasteiger partial charge in [-0.25, -0.2) is 4.68 Å². The molecule has 1 atom stereocenters. The van der Waals surface area contributed by atoms with Crippen LogP contribution in [0.2, 0.25) is 0 Å². The van der Waals surface area contributed by atoms with Crippen LogP contribution in [-0.2, 0) is 18.5 Å². The van der Waals surface area contributed by atoms with Gasteiger partial charge in [0.2, 0.25) is 0 Å². The fraction of sp³-hybridized carbons (Fsp3) is 0.458. The second-order valence-corrected chi connectivity index (χ2v) is 8.62. The highest BCUT2D eigenvalue weighted by atomic mass is 16.5. The Balaban J connectivity index is 1.82. The molecule has 0 fully saturated rings. The van der Waals surface area contributed by atoms with Crippen molar-refractivity contribution in [2.24, 2.45) is 0 Å². The minimum absolute atomic E-state index is 0.103. The Morgan fingerprint density at radius 3 is 2.48 bits per heavy atom. The van der Waals surface area contributed by atoms with E-state index < -0.39 is 0 Å². The molecule has 0 aliphatic carbocycles. The standard InChI is InChI=1S/C24H31N5O2/c1-6-24(2,3)29-23(25-26-27-29)22(18-11-12-20(30-4)21(15-18)31-5)28-14-13-17-9-7-8-10-19(17)16-28/h7-12,15,22H,6,13-14,16H2,1-5H3/t22-/m1/s1. The molecule has 1 aromatic heterocycles. The zero-order chi connectivity index (χ0) is 22.0. The quantitative estimate of drug-likeness (QED) is 0.575. The van der Waals surface area contributed by atoms with Crippen LogP contribution in [0, 0.1) is 0 Å². The van der Waals surface area contributed by atoms with Crippen LogP contribution >= 0.6 is 0 Å². The Hall–Kier alpha value is -2.93. The maximum atomic E-state index is 5.60. The number of aromatic nitrogens is 4. The van der Waals surface area contributed by atoms with Gasteiger partial charge in [-0.05, 0) is 65.9 Å². The van der Waals surface area contributed by atoms with Crippen molar-refractivity contribution in [1.82, 2.24) is 25.1 Å². The third-order valence-corrected chi connectivity index (χ3v) is 6.43. The van der Waals surface area contributed by atoms with E-state index in [0.717, 1.165) is 37.3 Å². The smallest absolute Gasteiger partial charge is 0.173 e. The summed E-state index contributed by atoms with van der Waals surface area (Å²) in [6.07, 6.45) is 1.92. The molecule has 4 rings (SSSR count). The van der Waals surface area contributed by atoms with Gasteiger partial charge in [0.1, 0.15) is 0 Å². The van der Waals surface area contributed by atoms with E-state index in [0.29, 0.717) is 11.5 Å². The van der Waals surface area contributed by atoms with Gasteiger partial charge in [-0.15, -0.1) is 5.10 Å². The van der Waals surface area contributed by atoms with E-state index in [1.807, 2.05) is 16.8 Å². The Kier molecular flexibility index (Phi) is 5.96. The second-order valence-electron chi connectivity index (χ2n) is 8.62. The van der Waals surface area contributed by atoms with Crippen LogP contribution in [0.3, 0.4) is 0 Å². The predicted octanol–water partition coefficient (Wildman–Crippen LogP) is 3.98. The van der Waals surface area contributed by atoms with Crippen LogP contribution in [0.15, 0.2) is 42.5 Å². The maximum absolute atomic E-state index is 5.60. The predicted molar refractivity (Wildman–Crippen MR) is 119 cm³/mol. The van der Waals surface area contributed by atoms with Gasteiger partial charge in [0.15, 0.2) is 17.3 Å². The fourth-order valence-electron chi connectivity index (χ4n) is 4.23. The Morgan fingerprint density at radius 1 is 1.03 bits per heavy atom. The summed E-state index contributed by atoms with van der Waals surface area (Å²) in [7, 11) is 3.32. The first-order valence-corrected chi connectivity index (χ1v) is 10.8. The van der Waals surface area contributed by atoms with E-state index in [4.69, 9.17) is 9.47 Å². The molecule has 1 aliphatic heterocycles. The van der Waals surface area contributed by atoms with Gasteiger partial charge in [-0.1, -0.05) is 37.3 Å². The lowest BCUT2D eigenvalue weighted by Crippen LogP contribution is -2.38. The first-order valence-electron chi connectivity index (χ1n) is 10.8. The SMILES string of the molecule is CCC(C)(C)n1nnnc1[C@@H](c1ccc(OC)c(OC)c1)N1CCc2ccccc2C1. The monoisotopic (exact) mass is 421 g/mol. The number of benzene rings is 2. The van der Waals surface area contributed by atoms with Gasteiger partial charge < -0.3 is 9.47 Å². The van der Waals surface area contributed by atoms with Crippen LogP contribution in [-0.4, -0.2) is 45.9 Å². The Morgan fingerprint density at radius 2 is 1.77 bits per heavy atom. The first kappa shape index (κ1) is 21.3. The first-order chi connectivity index (χ1) is 15.0. The molecular weight excluding hydrogens is 390 g/mol. The maximum Gasteiger partial charge on any atom is 0.173 e. The molecule has 7 nitrogen and oxygen atoms in total. The van der Waals surface area contributed by atoms with Crippen LogP contribution in [0.4, 0.5) is 0 Å². The summed E-state index contributed by atoms with van der Waals surface area (Å²) in [6, 6.07) is 14.6. The average molecular weight is 422 g/mol. The molecule has 31 heavy (non-hydrogen) atoms. The number of fused-ring (bicyclic) bond motifs is 1. The van der Waals surface area contributed by atoms with Crippen molar-refractivity contribution < 1.29 is 9.47 Å². The molecule has 0 spiro atoms. The molecule has 0 radical (unpaired) electrons. The highest BCUT2D eigenvalue weighted by molar-refractivity contribution is 5.45. The molecule has 2 aromatic carbocycles. The van der Waals surface area contributed by atoms with Gasteiger partial charge in [0, 0.05) is 13.1 Å². The van der Waals surface area contributed by atoms with Crippen molar-refractivity contribution >= 4 is 0 Å². The van der Waals surface area contributed by atoms with Crippen molar-refractivity contribution in [2.75, 3.05) is 20.8 Å². The third kappa shape index (κ3) is 4.02. The van der Waals surface area contributed by atoms with E-state index in [9.17, 15) is 0 Å². The van der Waals surface area contributed by atoms with Crippen LogP contribution in [0.25, 0.3) is 0 Å². The van der Waals surface area contributed by atoms with Gasteiger partial charge in [-0.2, -0.15) is 0 Å². The molecule has 0 bridgehead atoms. The molecule has 0 saturated heterocycles. The number of hydrogen-bond acceptors (Lipinski definition) is 6. The van der Waals surface area contributed by atoms with Gasteiger partial charge in [0.05, 0.1) is 25.8 Å². The number of rotatable bonds is 7. The number of hydrogen-bond donors (Lipinski definition) is 0. The highest BCUT2D eigenvalue weighted by Gasteiger charge is 2.34. The second kappa shape index (κ2) is 8.67. The average Bonchev–Trinajstić information content (AvgIpc) is 3.29. The zero-order valence-electron chi connectivity index (χ0n) is 19.0. The van der Waals surface area contributed by atoms with Crippen molar-refractivity contribution in [3.05, 3.63) is 65.0 Å². The van der Waals surface area contributed by atoms with Gasteiger partial charge >= 0.3 is 0 Å². The number of tetrazole rings is 1. The number of nitrogens with zero attached hydrogens (tertiary/aromatic N) is 5. The lowest BCUT2D eigenvalue weighted by molar-refractivity contribution is 0.181. The lowest BCUT2D eigenvalue weighted by Gasteiger charge is -2.36. The van der Waals surface area contributed by atoms with E-state index in [2.05, 4.69) is 71.5 Å². The summed E-state index contributed by atoms with van der Waals surface area (Å²) in [5, 5.41) is 13.0. The number of methoxy groups -OCH3 is 2. The summed E-state index contributed by atoms with van der Waals surface area (Å²) in [4.78, 5) is 2.46. The highest BCUT2D eigenvalue weighted by Crippen LogP contribution is 2.37. The largest absolute Gasteiger partial charge is 0.493 e. The molecule has 0 unspecified atom stereocenters. The summed E-state index contributed by atoms with van der Waals surface area (Å²) in [5.74, 6) is 2.26. The molecule has 3 aromatic rings. The van der Waals surface area contributed by atoms with Crippen molar-refractivity contribution in [3.63, 3.8) is 0 Å². The Bertz CT molecular complexity index is 1050. The fourth-order valence-corrected chi connectivity index (χ4v) is 4.23. The van der Waals surface area contributed by atoms with Crippen LogP contribution < -0.4 is 9.47 Å². The van der Waals surface area contributed by atoms with Crippen LogP contribution in [0.1, 0.15) is 55.7 Å². The topological polar surface area (TPSA) is 65.3 Å². The van der Waals surface area contributed by atoms with Gasteiger partial charge in [-0.3, -0.25) is 4.90 Å². The summed E-state index contributed by atoms with van der Waals surface area (Å²) in [6.45, 7) is 8.27. The van der Waals surface area contributed by atoms with Crippen molar-refractivity contribution in [1.29, 1.82) is 0 Å². The summed E-state index contributed by atoms with van der Waals surface area (Å²) >= 11 is 0. The molecule has 164 valence electrons. The molecule has 7 heteroatoms. The van der Waals surface area contributed by atoms with E-state index in [1.165, 1.54) is 11.1 Å². The minimum atomic E-state index is -0.193. The summed E-state index contributed by atoms with van der Waals surface area (Å²) < 4.78 is 13.1. The van der Waals surface area contributed by atoms with Crippen molar-refractivity contribution in [2.45, 2.75) is 51.7 Å². The van der Waals surface area contributed by atoms with Gasteiger partial charge in [0.25, 0.3) is 0 Å². The molecule has 0 saturated carbocycles. The minimum Gasteiger partial charge on any atom is -0.493 e. The number of ether oxygens (including phenoxy) is 2. The third-order valence-electron chi connectivity index (χ3n) is 6.43. The van der Waals surface area contributed by atoms with E-state index >= 15 is 0 Å². The molecule has 2 heterocycles. The van der Waals surface area contributed by atoms with E-state index in [-0.39, 0.29) is 11.6 Å². The van der Waals surface area contributed by atoms with E-state index in [1.54, 1.807) is 14.2 Å². The molecule has 0 N–H and O–H groups in total. The van der Waals surface area contributed by atoms with Crippen LogP contribution in [0.5, 0.6) is 11.5 Å². The zero-order valence-corrected chi connectivity index (χ0v) is 19.0. The van der Waals surface area contributed by atoms with Crippen molar-refractivity contribution in [3.8, 4) is 11.5 Å². The Labute approximate surface area is 184 Å². The molecule has 0 amide bonds. The summed E-state index contributed by atoms with van der Waals surface area (Å²) in [5.41, 5.74) is 3.66.